The van der Waals surface area contributed by atoms with Crippen molar-refractivity contribution in [1.82, 2.24) is 0 Å². The molecule has 0 aromatic heterocycles. The maximum atomic E-state index is 6.00. The zero-order chi connectivity index (χ0) is 12.4. The van der Waals surface area contributed by atoms with Gasteiger partial charge in [-0.1, -0.05) is 57.8 Å². The smallest absolute Gasteiger partial charge is 0.0804 e. The molecule has 102 valence electrons. The van der Waals surface area contributed by atoms with Crippen molar-refractivity contribution in [2.45, 2.75) is 83.2 Å². The zero-order valence-electron chi connectivity index (χ0n) is 11.7. The molecule has 2 nitrogen and oxygen atoms in total. The Morgan fingerprint density at radius 3 is 1.59 bits per heavy atom. The van der Waals surface area contributed by atoms with E-state index in [1.807, 2.05) is 0 Å². The van der Waals surface area contributed by atoms with Crippen LogP contribution in [0.25, 0.3) is 0 Å². The van der Waals surface area contributed by atoms with E-state index >= 15 is 0 Å². The van der Waals surface area contributed by atoms with Crippen LogP contribution in [0.2, 0.25) is 0 Å². The minimum absolute atomic E-state index is 0.00600. The second-order valence-electron chi connectivity index (χ2n) is 5.50. The molecule has 0 bridgehead atoms. The standard InChI is InChI=1S/C15H31NO/c1-2-17-15(14-16)12-10-8-6-4-3-5-7-9-11-13-15/h2-14,16H2,1H3. The average Bonchev–Trinajstić information content (AvgIpc) is 2.33. The topological polar surface area (TPSA) is 35.2 Å². The van der Waals surface area contributed by atoms with Gasteiger partial charge in [-0.25, -0.2) is 0 Å². The molecule has 0 amide bonds. The number of rotatable bonds is 3. The molecular weight excluding hydrogens is 210 g/mol. The molecule has 0 heterocycles. The lowest BCUT2D eigenvalue weighted by atomic mass is 9.88. The summed E-state index contributed by atoms with van der Waals surface area (Å²) in [5, 5.41) is 0. The molecule has 0 saturated heterocycles. The summed E-state index contributed by atoms with van der Waals surface area (Å²) in [6, 6.07) is 0. The summed E-state index contributed by atoms with van der Waals surface area (Å²) >= 11 is 0. The van der Waals surface area contributed by atoms with Gasteiger partial charge in [0.15, 0.2) is 0 Å². The highest BCUT2D eigenvalue weighted by Gasteiger charge is 2.27. The van der Waals surface area contributed by atoms with Gasteiger partial charge in [0.1, 0.15) is 0 Å². The Morgan fingerprint density at radius 2 is 1.24 bits per heavy atom. The van der Waals surface area contributed by atoms with E-state index in [0.717, 1.165) is 19.4 Å². The maximum Gasteiger partial charge on any atom is 0.0804 e. The zero-order valence-corrected chi connectivity index (χ0v) is 11.7. The molecule has 1 aliphatic carbocycles. The third-order valence-corrected chi connectivity index (χ3v) is 4.09. The molecule has 1 rings (SSSR count). The molecule has 0 radical (unpaired) electrons. The van der Waals surface area contributed by atoms with E-state index in [-0.39, 0.29) is 5.60 Å². The number of nitrogens with two attached hydrogens (primary N) is 1. The highest BCUT2D eigenvalue weighted by molar-refractivity contribution is 4.82. The summed E-state index contributed by atoms with van der Waals surface area (Å²) in [6.07, 6.45) is 14.7. The average molecular weight is 241 g/mol. The normalized spacial score (nSPS) is 23.6. The van der Waals surface area contributed by atoms with Gasteiger partial charge in [0.2, 0.25) is 0 Å². The lowest BCUT2D eigenvalue weighted by Gasteiger charge is -2.33. The van der Waals surface area contributed by atoms with Crippen molar-refractivity contribution in [3.63, 3.8) is 0 Å². The molecule has 0 unspecified atom stereocenters. The van der Waals surface area contributed by atoms with Crippen molar-refractivity contribution in [3.8, 4) is 0 Å². The van der Waals surface area contributed by atoms with Crippen LogP contribution in [0.1, 0.15) is 77.6 Å². The molecule has 0 aromatic carbocycles. The summed E-state index contributed by atoms with van der Waals surface area (Å²) in [6.45, 7) is 3.59. The molecule has 0 aromatic rings. The lowest BCUT2D eigenvalue weighted by Crippen LogP contribution is -2.41. The summed E-state index contributed by atoms with van der Waals surface area (Å²) < 4.78 is 6.00. The van der Waals surface area contributed by atoms with Crippen LogP contribution in [-0.4, -0.2) is 18.8 Å². The highest BCUT2D eigenvalue weighted by Crippen LogP contribution is 2.27. The van der Waals surface area contributed by atoms with Crippen LogP contribution in [0.4, 0.5) is 0 Å². The van der Waals surface area contributed by atoms with E-state index in [4.69, 9.17) is 10.5 Å². The van der Waals surface area contributed by atoms with E-state index in [2.05, 4.69) is 6.92 Å². The van der Waals surface area contributed by atoms with E-state index in [0.29, 0.717) is 6.54 Å². The fourth-order valence-electron chi connectivity index (χ4n) is 2.97. The Labute approximate surface area is 107 Å². The SMILES string of the molecule is CCOC1(CN)CCCCCCCCCCC1. The van der Waals surface area contributed by atoms with E-state index in [1.54, 1.807) is 0 Å². The molecule has 1 aliphatic rings. The van der Waals surface area contributed by atoms with Gasteiger partial charge in [0, 0.05) is 13.2 Å². The van der Waals surface area contributed by atoms with Gasteiger partial charge < -0.3 is 10.5 Å². The number of hydrogen-bond acceptors (Lipinski definition) is 2. The molecule has 0 aliphatic heterocycles. The molecular formula is C15H31NO. The second kappa shape index (κ2) is 8.93. The Hall–Kier alpha value is -0.0800. The van der Waals surface area contributed by atoms with Crippen LogP contribution in [0.15, 0.2) is 0 Å². The van der Waals surface area contributed by atoms with Gasteiger partial charge in [-0.15, -0.1) is 0 Å². The Morgan fingerprint density at radius 1 is 0.824 bits per heavy atom. The summed E-state index contributed by atoms with van der Waals surface area (Å²) in [7, 11) is 0. The van der Waals surface area contributed by atoms with Crippen molar-refractivity contribution >= 4 is 0 Å². The minimum Gasteiger partial charge on any atom is -0.374 e. The van der Waals surface area contributed by atoms with Gasteiger partial charge in [-0.05, 0) is 19.8 Å². The van der Waals surface area contributed by atoms with Gasteiger partial charge in [0.25, 0.3) is 0 Å². The monoisotopic (exact) mass is 241 g/mol. The molecule has 2 N–H and O–H groups in total. The predicted molar refractivity (Wildman–Crippen MR) is 74.2 cm³/mol. The quantitative estimate of drug-likeness (QED) is 0.810. The van der Waals surface area contributed by atoms with Crippen molar-refractivity contribution in [2.24, 2.45) is 5.73 Å². The number of ether oxygens (including phenoxy) is 1. The first kappa shape index (κ1) is 15.0. The van der Waals surface area contributed by atoms with Gasteiger partial charge in [-0.3, -0.25) is 0 Å². The maximum absolute atomic E-state index is 6.00. The largest absolute Gasteiger partial charge is 0.374 e. The molecule has 1 saturated carbocycles. The third kappa shape index (κ3) is 5.87. The third-order valence-electron chi connectivity index (χ3n) is 4.09. The first-order valence-electron chi connectivity index (χ1n) is 7.67. The van der Waals surface area contributed by atoms with Gasteiger partial charge >= 0.3 is 0 Å². The molecule has 2 heteroatoms. The van der Waals surface area contributed by atoms with Crippen molar-refractivity contribution in [1.29, 1.82) is 0 Å². The highest BCUT2D eigenvalue weighted by atomic mass is 16.5. The summed E-state index contributed by atoms with van der Waals surface area (Å²) in [5.41, 5.74) is 5.97. The first-order chi connectivity index (χ1) is 8.33. The van der Waals surface area contributed by atoms with E-state index < -0.39 is 0 Å². The number of hydrogen-bond donors (Lipinski definition) is 1. The Balaban J connectivity index is 2.45. The first-order valence-corrected chi connectivity index (χ1v) is 7.67. The van der Waals surface area contributed by atoms with Crippen LogP contribution in [0.5, 0.6) is 0 Å². The van der Waals surface area contributed by atoms with Crippen LogP contribution in [-0.2, 0) is 4.74 Å². The summed E-state index contributed by atoms with van der Waals surface area (Å²) in [4.78, 5) is 0. The molecule has 0 atom stereocenters. The molecule has 17 heavy (non-hydrogen) atoms. The predicted octanol–water partition coefficient (Wildman–Crippen LogP) is 4.03. The van der Waals surface area contributed by atoms with E-state index in [1.165, 1.54) is 57.8 Å². The second-order valence-corrected chi connectivity index (χ2v) is 5.50. The summed E-state index contributed by atoms with van der Waals surface area (Å²) in [5.74, 6) is 0. The van der Waals surface area contributed by atoms with Crippen LogP contribution < -0.4 is 5.73 Å². The van der Waals surface area contributed by atoms with Crippen molar-refractivity contribution < 1.29 is 4.74 Å². The van der Waals surface area contributed by atoms with Crippen LogP contribution >= 0.6 is 0 Å². The van der Waals surface area contributed by atoms with Crippen LogP contribution in [0.3, 0.4) is 0 Å². The van der Waals surface area contributed by atoms with Gasteiger partial charge in [-0.2, -0.15) is 0 Å². The Kier molecular flexibility index (Phi) is 7.87. The molecule has 1 fully saturated rings. The van der Waals surface area contributed by atoms with Crippen molar-refractivity contribution in [2.75, 3.05) is 13.2 Å². The lowest BCUT2D eigenvalue weighted by molar-refractivity contribution is -0.0478. The minimum atomic E-state index is -0.00600. The fourth-order valence-corrected chi connectivity index (χ4v) is 2.97. The fraction of sp³-hybridized carbons (Fsp3) is 1.00. The molecule has 0 spiro atoms. The Bertz CT molecular complexity index is 170. The van der Waals surface area contributed by atoms with Crippen LogP contribution in [0, 0.1) is 0 Å². The van der Waals surface area contributed by atoms with Crippen molar-refractivity contribution in [3.05, 3.63) is 0 Å². The van der Waals surface area contributed by atoms with E-state index in [9.17, 15) is 0 Å². The van der Waals surface area contributed by atoms with Gasteiger partial charge in [0.05, 0.1) is 5.60 Å².